The smallest absolute Gasteiger partial charge is 0.0154 e. The van der Waals surface area contributed by atoms with Crippen LogP contribution in [0.1, 0.15) is 71.6 Å². The lowest BCUT2D eigenvalue weighted by atomic mass is 9.86. The topological polar surface area (TPSA) is 26.0 Å². The summed E-state index contributed by atoms with van der Waals surface area (Å²) in [4.78, 5) is 0. The van der Waals surface area contributed by atoms with E-state index in [1.807, 2.05) is 0 Å². The summed E-state index contributed by atoms with van der Waals surface area (Å²) in [6, 6.07) is 0. The van der Waals surface area contributed by atoms with E-state index in [0.29, 0.717) is 0 Å². The van der Waals surface area contributed by atoms with Gasteiger partial charge in [0.05, 0.1) is 0 Å². The van der Waals surface area contributed by atoms with Crippen molar-refractivity contribution in [3.05, 3.63) is 0 Å². The van der Waals surface area contributed by atoms with Crippen LogP contribution in [0.15, 0.2) is 0 Å². The molecular weight excluding hydrogens is 170 g/mol. The van der Waals surface area contributed by atoms with Crippen LogP contribution in [0.5, 0.6) is 0 Å². The second-order valence-electron chi connectivity index (χ2n) is 5.20. The van der Waals surface area contributed by atoms with E-state index in [1.165, 1.54) is 57.8 Å². The van der Waals surface area contributed by atoms with Gasteiger partial charge in [-0.15, -0.1) is 0 Å². The van der Waals surface area contributed by atoms with Gasteiger partial charge in [0.15, 0.2) is 0 Å². The molecule has 14 heavy (non-hydrogen) atoms. The van der Waals surface area contributed by atoms with E-state index >= 15 is 0 Å². The first kappa shape index (κ1) is 12.0. The molecule has 1 heteroatoms. The fraction of sp³-hybridized carbons (Fsp3) is 1.00. The second kappa shape index (κ2) is 5.75. The van der Waals surface area contributed by atoms with E-state index in [-0.39, 0.29) is 5.54 Å². The predicted molar refractivity (Wildman–Crippen MR) is 63.3 cm³/mol. The van der Waals surface area contributed by atoms with Gasteiger partial charge in [-0.25, -0.2) is 0 Å². The molecule has 2 atom stereocenters. The van der Waals surface area contributed by atoms with E-state index in [0.717, 1.165) is 5.92 Å². The molecule has 84 valence electrons. The molecule has 1 rings (SSSR count). The maximum absolute atomic E-state index is 6.43. The van der Waals surface area contributed by atoms with Crippen molar-refractivity contribution in [1.82, 2.24) is 0 Å². The van der Waals surface area contributed by atoms with Crippen molar-refractivity contribution in [3.8, 4) is 0 Å². The summed E-state index contributed by atoms with van der Waals surface area (Å²) >= 11 is 0. The Morgan fingerprint density at radius 2 is 1.93 bits per heavy atom. The molecule has 1 saturated carbocycles. The highest BCUT2D eigenvalue weighted by Gasteiger charge is 2.27. The van der Waals surface area contributed by atoms with Gasteiger partial charge < -0.3 is 5.73 Å². The minimum Gasteiger partial charge on any atom is -0.325 e. The third-order valence-electron chi connectivity index (χ3n) is 3.78. The van der Waals surface area contributed by atoms with E-state index in [1.54, 1.807) is 0 Å². The Kier molecular flexibility index (Phi) is 4.94. The summed E-state index contributed by atoms with van der Waals surface area (Å²) in [7, 11) is 0. The van der Waals surface area contributed by atoms with Crippen LogP contribution in [-0.4, -0.2) is 5.54 Å². The van der Waals surface area contributed by atoms with Crippen molar-refractivity contribution in [2.75, 3.05) is 0 Å². The van der Waals surface area contributed by atoms with Gasteiger partial charge in [0.25, 0.3) is 0 Å². The van der Waals surface area contributed by atoms with Crippen molar-refractivity contribution < 1.29 is 0 Å². The third-order valence-corrected chi connectivity index (χ3v) is 3.78. The first-order chi connectivity index (χ1) is 6.70. The van der Waals surface area contributed by atoms with E-state index in [2.05, 4.69) is 13.8 Å². The van der Waals surface area contributed by atoms with Crippen LogP contribution in [-0.2, 0) is 0 Å². The molecule has 0 aromatic carbocycles. The molecule has 0 aliphatic heterocycles. The largest absolute Gasteiger partial charge is 0.325 e. The fourth-order valence-corrected chi connectivity index (χ4v) is 2.95. The van der Waals surface area contributed by atoms with Crippen LogP contribution >= 0.6 is 0 Å². The van der Waals surface area contributed by atoms with Crippen molar-refractivity contribution in [2.24, 2.45) is 11.7 Å². The zero-order valence-electron chi connectivity index (χ0n) is 10.0. The van der Waals surface area contributed by atoms with Crippen LogP contribution in [0.3, 0.4) is 0 Å². The molecule has 0 bridgehead atoms. The quantitative estimate of drug-likeness (QED) is 0.680. The molecule has 2 N–H and O–H groups in total. The molecule has 0 saturated heterocycles. The van der Waals surface area contributed by atoms with E-state index in [9.17, 15) is 0 Å². The summed E-state index contributed by atoms with van der Waals surface area (Å²) in [5.74, 6) is 0.974. The highest BCUT2D eigenvalue weighted by atomic mass is 14.7. The summed E-state index contributed by atoms with van der Waals surface area (Å²) in [5, 5.41) is 0. The van der Waals surface area contributed by atoms with Gasteiger partial charge in [-0.1, -0.05) is 46.0 Å². The zero-order valence-corrected chi connectivity index (χ0v) is 10.0. The Balaban J connectivity index is 2.39. The minimum absolute atomic E-state index is 0.192. The molecule has 0 heterocycles. The summed E-state index contributed by atoms with van der Waals surface area (Å²) in [6.07, 6.45) is 11.9. The first-order valence-corrected chi connectivity index (χ1v) is 6.49. The number of hydrogen-bond acceptors (Lipinski definition) is 1. The van der Waals surface area contributed by atoms with Crippen LogP contribution < -0.4 is 5.73 Å². The monoisotopic (exact) mass is 197 g/mol. The molecule has 2 unspecified atom stereocenters. The number of hydrogen-bond donors (Lipinski definition) is 1. The molecule has 0 amide bonds. The van der Waals surface area contributed by atoms with E-state index < -0.39 is 0 Å². The lowest BCUT2D eigenvalue weighted by Gasteiger charge is -2.27. The molecule has 0 aromatic rings. The maximum atomic E-state index is 6.43. The molecule has 0 radical (unpaired) electrons. The van der Waals surface area contributed by atoms with Crippen LogP contribution in [0.2, 0.25) is 0 Å². The van der Waals surface area contributed by atoms with Gasteiger partial charge in [-0.3, -0.25) is 0 Å². The molecule has 1 fully saturated rings. The van der Waals surface area contributed by atoms with Gasteiger partial charge in [-0.05, 0) is 31.6 Å². The van der Waals surface area contributed by atoms with Gasteiger partial charge in [-0.2, -0.15) is 0 Å². The highest BCUT2D eigenvalue weighted by molar-refractivity contribution is 4.87. The molecule has 1 nitrogen and oxygen atoms in total. The Morgan fingerprint density at radius 3 is 2.57 bits per heavy atom. The lowest BCUT2D eigenvalue weighted by molar-refractivity contribution is 0.332. The van der Waals surface area contributed by atoms with Crippen LogP contribution in [0.25, 0.3) is 0 Å². The summed E-state index contributed by atoms with van der Waals surface area (Å²) < 4.78 is 0. The van der Waals surface area contributed by atoms with Crippen LogP contribution in [0, 0.1) is 5.92 Å². The van der Waals surface area contributed by atoms with Crippen molar-refractivity contribution in [3.63, 3.8) is 0 Å². The average molecular weight is 197 g/mol. The predicted octanol–water partition coefficient (Wildman–Crippen LogP) is 3.86. The zero-order chi connectivity index (χ0) is 10.4. The fourth-order valence-electron chi connectivity index (χ4n) is 2.95. The van der Waals surface area contributed by atoms with Crippen molar-refractivity contribution in [1.29, 1.82) is 0 Å². The Bertz CT molecular complexity index is 155. The van der Waals surface area contributed by atoms with Gasteiger partial charge in [0.2, 0.25) is 0 Å². The number of nitrogens with two attached hydrogens (primary N) is 1. The Labute approximate surface area is 89.5 Å². The van der Waals surface area contributed by atoms with E-state index in [4.69, 9.17) is 5.73 Å². The van der Waals surface area contributed by atoms with Gasteiger partial charge in [0, 0.05) is 5.54 Å². The maximum Gasteiger partial charge on any atom is 0.0154 e. The highest BCUT2D eigenvalue weighted by Crippen LogP contribution is 2.33. The molecule has 1 aliphatic carbocycles. The third kappa shape index (κ3) is 3.61. The Morgan fingerprint density at radius 1 is 1.14 bits per heavy atom. The molecule has 0 spiro atoms. The first-order valence-electron chi connectivity index (χ1n) is 6.49. The minimum atomic E-state index is 0.192. The van der Waals surface area contributed by atoms with Gasteiger partial charge in [0.1, 0.15) is 0 Å². The summed E-state index contributed by atoms with van der Waals surface area (Å²) in [5.41, 5.74) is 6.62. The molecule has 1 aliphatic rings. The average Bonchev–Trinajstić information content (AvgIpc) is 2.30. The standard InChI is InChI=1S/C13H27N/c1-3-6-12-7-5-10-13(14,9-4-2)11-8-12/h12H,3-11,14H2,1-2H3. The van der Waals surface area contributed by atoms with Crippen molar-refractivity contribution in [2.45, 2.75) is 77.2 Å². The van der Waals surface area contributed by atoms with Crippen molar-refractivity contribution >= 4 is 0 Å². The molecular formula is C13H27N. The Hall–Kier alpha value is -0.0400. The summed E-state index contributed by atoms with van der Waals surface area (Å²) in [6.45, 7) is 4.55. The second-order valence-corrected chi connectivity index (χ2v) is 5.20. The normalized spacial score (nSPS) is 34.1. The SMILES string of the molecule is CCCC1CCCC(N)(CCC)CC1. The number of rotatable bonds is 4. The van der Waals surface area contributed by atoms with Gasteiger partial charge >= 0.3 is 0 Å². The van der Waals surface area contributed by atoms with Crippen LogP contribution in [0.4, 0.5) is 0 Å². The molecule has 0 aromatic heterocycles. The lowest BCUT2D eigenvalue weighted by Crippen LogP contribution is -2.38.